The summed E-state index contributed by atoms with van der Waals surface area (Å²) in [6.45, 7) is 0. The summed E-state index contributed by atoms with van der Waals surface area (Å²) in [5, 5.41) is 4.79. The van der Waals surface area contributed by atoms with E-state index in [1.807, 2.05) is 0 Å². The molecule has 3 nitrogen and oxygen atoms in total. The number of rotatable bonds is 0. The van der Waals surface area contributed by atoms with E-state index >= 15 is 0 Å². The summed E-state index contributed by atoms with van der Waals surface area (Å²) >= 11 is 1.51. The van der Waals surface area contributed by atoms with Crippen molar-refractivity contribution in [3.8, 4) is 0 Å². The van der Waals surface area contributed by atoms with Gasteiger partial charge >= 0.3 is 0 Å². The van der Waals surface area contributed by atoms with E-state index in [2.05, 4.69) is 15.3 Å². The van der Waals surface area contributed by atoms with Gasteiger partial charge in [-0.2, -0.15) is 0 Å². The van der Waals surface area contributed by atoms with Crippen LogP contribution in [0.4, 0.5) is 10.8 Å². The Balaban J connectivity index is 2.67. The summed E-state index contributed by atoms with van der Waals surface area (Å²) in [6, 6.07) is 0. The molecule has 1 aromatic heterocycles. The van der Waals surface area contributed by atoms with E-state index in [1.165, 1.54) is 17.7 Å². The molecule has 0 bridgehead atoms. The van der Waals surface area contributed by atoms with Crippen molar-refractivity contribution in [2.75, 3.05) is 0 Å². The molecule has 0 atom stereocenters. The van der Waals surface area contributed by atoms with Crippen LogP contribution in [0, 0.1) is 0 Å². The normalized spacial score (nSPS) is 13.5. The van der Waals surface area contributed by atoms with E-state index in [-0.39, 0.29) is 0 Å². The van der Waals surface area contributed by atoms with Crippen LogP contribution in [0.2, 0.25) is 0 Å². The van der Waals surface area contributed by atoms with Crippen molar-refractivity contribution in [2.24, 2.45) is 4.99 Å². The lowest BCUT2D eigenvalue weighted by Crippen LogP contribution is -1.84. The summed E-state index contributed by atoms with van der Waals surface area (Å²) in [5.41, 5.74) is 1.74. The Morgan fingerprint density at radius 3 is 3.38 bits per heavy atom. The minimum absolute atomic E-state index is 0.759. The standard InChI is InChI=1S/C4H2N3S/c1-5-3-4(6-1)8-2-7-3/h1-2H. The summed E-state index contributed by atoms with van der Waals surface area (Å²) in [5.74, 6) is 0.759. The summed E-state index contributed by atoms with van der Waals surface area (Å²) in [6.07, 6.45) is 1.52. The van der Waals surface area contributed by atoms with Crippen molar-refractivity contribution in [3.63, 3.8) is 0 Å². The molecule has 0 N–H and O–H groups in total. The van der Waals surface area contributed by atoms with Crippen molar-refractivity contribution in [2.45, 2.75) is 0 Å². The average Bonchev–Trinajstić information content (AvgIpc) is 2.15. The first-order chi connectivity index (χ1) is 3.97. The molecule has 1 aliphatic heterocycles. The smallest absolute Gasteiger partial charge is 0.191 e. The number of aromatic nitrogens is 1. The van der Waals surface area contributed by atoms with Gasteiger partial charge in [-0.05, 0) is 0 Å². The maximum atomic E-state index is 3.92. The topological polar surface area (TPSA) is 39.4 Å². The molecule has 4 heteroatoms. The Morgan fingerprint density at radius 2 is 2.50 bits per heavy atom. The van der Waals surface area contributed by atoms with E-state index in [1.54, 1.807) is 5.51 Å². The fourth-order valence-electron chi connectivity index (χ4n) is 0.547. The molecule has 39 valence electrons. The van der Waals surface area contributed by atoms with Gasteiger partial charge in [-0.15, -0.1) is 11.3 Å². The van der Waals surface area contributed by atoms with E-state index in [9.17, 15) is 0 Å². The van der Waals surface area contributed by atoms with Crippen molar-refractivity contribution in [3.05, 3.63) is 5.51 Å². The molecule has 0 fully saturated rings. The molecule has 2 rings (SSSR count). The quantitative estimate of drug-likeness (QED) is 0.509. The van der Waals surface area contributed by atoms with Crippen LogP contribution >= 0.6 is 11.3 Å². The molecule has 0 aliphatic carbocycles. The largest absolute Gasteiger partial charge is 0.223 e. The first kappa shape index (κ1) is 4.03. The molecule has 1 radical (unpaired) electrons. The summed E-state index contributed by atoms with van der Waals surface area (Å²) < 4.78 is 0. The predicted octanol–water partition coefficient (Wildman–Crippen LogP) is 1.05. The number of thiazole rings is 1. The number of hydrogen-bond acceptors (Lipinski definition) is 3. The van der Waals surface area contributed by atoms with Crippen LogP contribution < -0.4 is 5.32 Å². The lowest BCUT2D eigenvalue weighted by molar-refractivity contribution is 1.23. The molecule has 1 aromatic rings. The maximum absolute atomic E-state index is 3.92. The lowest BCUT2D eigenvalue weighted by Gasteiger charge is -1.75. The number of fused-ring (bicyclic) bond motifs is 1. The number of nitrogens with zero attached hydrogens (tertiary/aromatic N) is 3. The second kappa shape index (κ2) is 1.29. The average molecular weight is 124 g/mol. The van der Waals surface area contributed by atoms with E-state index in [0.717, 1.165) is 10.8 Å². The third-order valence-corrected chi connectivity index (χ3v) is 1.61. The fraction of sp³-hybridized carbons (Fsp3) is 0. The Kier molecular flexibility index (Phi) is 0.648. The highest BCUT2D eigenvalue weighted by molar-refractivity contribution is 7.14. The molecule has 0 amide bonds. The Bertz CT molecular complexity index is 227. The van der Waals surface area contributed by atoms with Crippen LogP contribution in [0.5, 0.6) is 0 Å². The fourth-order valence-corrected chi connectivity index (χ4v) is 1.12. The van der Waals surface area contributed by atoms with E-state index in [4.69, 9.17) is 0 Å². The van der Waals surface area contributed by atoms with Crippen LogP contribution in [0.15, 0.2) is 10.5 Å². The van der Waals surface area contributed by atoms with Crippen LogP contribution in [0.1, 0.15) is 0 Å². The van der Waals surface area contributed by atoms with Gasteiger partial charge in [-0.1, -0.05) is 0 Å². The second-order valence-electron chi connectivity index (χ2n) is 1.35. The van der Waals surface area contributed by atoms with Crippen LogP contribution in [-0.2, 0) is 0 Å². The van der Waals surface area contributed by atoms with Gasteiger partial charge in [0.05, 0.1) is 5.51 Å². The highest BCUT2D eigenvalue weighted by Crippen LogP contribution is 2.30. The molecule has 1 aliphatic rings. The Labute approximate surface area is 50.1 Å². The van der Waals surface area contributed by atoms with Crippen LogP contribution in [0.3, 0.4) is 0 Å². The van der Waals surface area contributed by atoms with E-state index in [0.29, 0.717) is 0 Å². The van der Waals surface area contributed by atoms with Gasteiger partial charge in [0, 0.05) is 0 Å². The zero-order chi connectivity index (χ0) is 5.40. The minimum atomic E-state index is 0.759. The van der Waals surface area contributed by atoms with Gasteiger partial charge in [0.2, 0.25) is 0 Å². The third kappa shape index (κ3) is 0.376. The van der Waals surface area contributed by atoms with Gasteiger partial charge in [-0.25, -0.2) is 15.3 Å². The van der Waals surface area contributed by atoms with E-state index < -0.39 is 0 Å². The van der Waals surface area contributed by atoms with Gasteiger partial charge in [-0.3, -0.25) is 0 Å². The molecule has 0 saturated carbocycles. The van der Waals surface area contributed by atoms with Gasteiger partial charge in [0.25, 0.3) is 0 Å². The first-order valence-electron chi connectivity index (χ1n) is 2.14. The predicted molar refractivity (Wildman–Crippen MR) is 32.1 cm³/mol. The van der Waals surface area contributed by atoms with Crippen molar-refractivity contribution < 1.29 is 0 Å². The van der Waals surface area contributed by atoms with Gasteiger partial charge < -0.3 is 0 Å². The molecular weight excluding hydrogens is 122 g/mol. The number of hydrogen-bond donors (Lipinski definition) is 0. The molecule has 0 saturated heterocycles. The molecular formula is C4H2N3S. The zero-order valence-corrected chi connectivity index (χ0v) is 4.72. The van der Waals surface area contributed by atoms with Crippen LogP contribution in [-0.4, -0.2) is 11.3 Å². The van der Waals surface area contributed by atoms with Gasteiger partial charge in [0.1, 0.15) is 6.34 Å². The van der Waals surface area contributed by atoms with Crippen LogP contribution in [0.25, 0.3) is 0 Å². The van der Waals surface area contributed by atoms with Crippen molar-refractivity contribution in [1.29, 1.82) is 0 Å². The highest BCUT2D eigenvalue weighted by Gasteiger charge is 2.08. The summed E-state index contributed by atoms with van der Waals surface area (Å²) in [4.78, 5) is 7.85. The monoisotopic (exact) mass is 124 g/mol. The summed E-state index contributed by atoms with van der Waals surface area (Å²) in [7, 11) is 0. The highest BCUT2D eigenvalue weighted by atomic mass is 32.1. The molecule has 8 heavy (non-hydrogen) atoms. The lowest BCUT2D eigenvalue weighted by atomic mass is 10.7. The SMILES string of the molecule is C1=Nc2scnc2[N]1. The second-order valence-corrected chi connectivity index (χ2v) is 2.19. The maximum Gasteiger partial charge on any atom is 0.191 e. The molecule has 0 unspecified atom stereocenters. The number of aliphatic imine (C=N–C) groups is 1. The van der Waals surface area contributed by atoms with Crippen molar-refractivity contribution in [1.82, 2.24) is 10.3 Å². The Hall–Kier alpha value is -0.900. The molecule has 0 aromatic carbocycles. The first-order valence-corrected chi connectivity index (χ1v) is 3.01. The zero-order valence-electron chi connectivity index (χ0n) is 3.90. The minimum Gasteiger partial charge on any atom is -0.223 e. The molecule has 2 heterocycles. The molecule has 0 spiro atoms. The van der Waals surface area contributed by atoms with Crippen molar-refractivity contribution >= 4 is 28.5 Å². The van der Waals surface area contributed by atoms with Gasteiger partial charge in [0.15, 0.2) is 10.8 Å². The third-order valence-electron chi connectivity index (χ3n) is 0.886. The Morgan fingerprint density at radius 1 is 1.50 bits per heavy atom.